The second-order valence-electron chi connectivity index (χ2n) is 5.81. The summed E-state index contributed by atoms with van der Waals surface area (Å²) < 4.78 is 13.0. The van der Waals surface area contributed by atoms with Crippen LogP contribution in [-0.4, -0.2) is 18.4 Å². The Labute approximate surface area is 165 Å². The number of hydrogen-bond donors (Lipinski definition) is 2. The molecular weight excluding hydrogens is 387 g/mol. The van der Waals surface area contributed by atoms with Crippen molar-refractivity contribution in [1.29, 1.82) is 0 Å². The Bertz CT molecular complexity index is 986. The quantitative estimate of drug-likeness (QED) is 0.638. The summed E-state index contributed by atoms with van der Waals surface area (Å²) in [6.07, 6.45) is 0. The van der Waals surface area contributed by atoms with Gasteiger partial charge in [-0.25, -0.2) is 4.39 Å². The van der Waals surface area contributed by atoms with Gasteiger partial charge in [-0.05, 0) is 54.4 Å². The van der Waals surface area contributed by atoms with Crippen LogP contribution in [0.4, 0.5) is 10.1 Å². The first-order chi connectivity index (χ1) is 12.9. The van der Waals surface area contributed by atoms with Crippen molar-refractivity contribution >= 4 is 40.4 Å². The maximum absolute atomic E-state index is 13.0. The van der Waals surface area contributed by atoms with Gasteiger partial charge in [-0.3, -0.25) is 9.59 Å². The lowest BCUT2D eigenvalue weighted by Gasteiger charge is -2.09. The van der Waals surface area contributed by atoms with Crippen molar-refractivity contribution in [2.24, 2.45) is 0 Å². The molecular formula is C20H16ClFN2O2S. The van der Waals surface area contributed by atoms with Crippen LogP contribution in [0, 0.1) is 12.7 Å². The van der Waals surface area contributed by atoms with Gasteiger partial charge in [0.05, 0.1) is 11.4 Å². The molecule has 1 aromatic heterocycles. The Morgan fingerprint density at radius 3 is 2.56 bits per heavy atom. The van der Waals surface area contributed by atoms with Crippen LogP contribution < -0.4 is 10.6 Å². The number of benzene rings is 2. The van der Waals surface area contributed by atoms with Crippen molar-refractivity contribution in [3.05, 3.63) is 75.9 Å². The normalized spacial score (nSPS) is 10.5. The summed E-state index contributed by atoms with van der Waals surface area (Å²) in [4.78, 5) is 25.6. The van der Waals surface area contributed by atoms with Crippen LogP contribution in [0.25, 0.3) is 10.4 Å². The van der Waals surface area contributed by atoms with Gasteiger partial charge in [0.2, 0.25) is 5.91 Å². The van der Waals surface area contributed by atoms with E-state index in [9.17, 15) is 14.0 Å². The van der Waals surface area contributed by atoms with Crippen molar-refractivity contribution in [2.75, 3.05) is 11.9 Å². The minimum absolute atomic E-state index is 0.158. The molecule has 0 saturated carbocycles. The van der Waals surface area contributed by atoms with Crippen molar-refractivity contribution in [3.8, 4) is 10.4 Å². The summed E-state index contributed by atoms with van der Waals surface area (Å²) in [5, 5.41) is 5.88. The van der Waals surface area contributed by atoms with Gasteiger partial charge >= 0.3 is 0 Å². The van der Waals surface area contributed by atoms with Crippen molar-refractivity contribution in [3.63, 3.8) is 0 Å². The molecule has 0 bridgehead atoms. The molecule has 2 aromatic carbocycles. The molecule has 4 nitrogen and oxygen atoms in total. The first-order valence-electron chi connectivity index (χ1n) is 8.13. The molecule has 0 radical (unpaired) electrons. The van der Waals surface area contributed by atoms with E-state index in [1.165, 1.54) is 23.5 Å². The lowest BCUT2D eigenvalue weighted by atomic mass is 10.2. The number of rotatable bonds is 5. The van der Waals surface area contributed by atoms with E-state index in [1.807, 2.05) is 0 Å². The topological polar surface area (TPSA) is 58.2 Å². The van der Waals surface area contributed by atoms with E-state index < -0.39 is 0 Å². The molecule has 0 aliphatic carbocycles. The zero-order chi connectivity index (χ0) is 19.4. The van der Waals surface area contributed by atoms with E-state index >= 15 is 0 Å². The standard InChI is InChI=1S/C20H16ClFN2O2S/c1-12-15(21)3-2-4-16(12)24-19(25)11-23-20(26)18-10-9-17(27-18)13-5-7-14(22)8-6-13/h2-10H,11H2,1H3,(H,23,26)(H,24,25). The van der Waals surface area contributed by atoms with Crippen LogP contribution >= 0.6 is 22.9 Å². The first-order valence-corrected chi connectivity index (χ1v) is 9.32. The van der Waals surface area contributed by atoms with E-state index in [-0.39, 0.29) is 24.2 Å². The monoisotopic (exact) mass is 402 g/mol. The molecule has 0 atom stereocenters. The van der Waals surface area contributed by atoms with Gasteiger partial charge in [-0.15, -0.1) is 11.3 Å². The molecule has 0 spiro atoms. The van der Waals surface area contributed by atoms with Crippen LogP contribution in [0.5, 0.6) is 0 Å². The number of anilines is 1. The molecule has 0 aliphatic rings. The largest absolute Gasteiger partial charge is 0.342 e. The third-order valence-corrected chi connectivity index (χ3v) is 5.45. The van der Waals surface area contributed by atoms with Gasteiger partial charge in [0.25, 0.3) is 5.91 Å². The fourth-order valence-electron chi connectivity index (χ4n) is 2.41. The summed E-state index contributed by atoms with van der Waals surface area (Å²) in [6.45, 7) is 1.65. The Hall–Kier alpha value is -2.70. The predicted octanol–water partition coefficient (Wildman–Crippen LogP) is 4.88. The molecule has 138 valence electrons. The number of nitrogens with one attached hydrogen (secondary N) is 2. The Morgan fingerprint density at radius 2 is 1.81 bits per heavy atom. The minimum atomic E-state index is -0.343. The molecule has 0 unspecified atom stereocenters. The van der Waals surface area contributed by atoms with Gasteiger partial charge < -0.3 is 10.6 Å². The average molecular weight is 403 g/mol. The highest BCUT2D eigenvalue weighted by Crippen LogP contribution is 2.28. The molecule has 3 rings (SSSR count). The maximum Gasteiger partial charge on any atom is 0.261 e. The van der Waals surface area contributed by atoms with Crippen LogP contribution in [0.2, 0.25) is 5.02 Å². The number of carbonyl (C=O) groups is 2. The summed E-state index contributed by atoms with van der Waals surface area (Å²) >= 11 is 7.30. The zero-order valence-electron chi connectivity index (χ0n) is 14.4. The van der Waals surface area contributed by atoms with Gasteiger partial charge in [0.15, 0.2) is 0 Å². The number of halogens is 2. The molecule has 7 heteroatoms. The predicted molar refractivity (Wildman–Crippen MR) is 107 cm³/mol. The smallest absolute Gasteiger partial charge is 0.261 e. The highest BCUT2D eigenvalue weighted by Gasteiger charge is 2.13. The molecule has 2 amide bonds. The Kier molecular flexibility index (Phi) is 5.88. The lowest BCUT2D eigenvalue weighted by molar-refractivity contribution is -0.115. The average Bonchev–Trinajstić information content (AvgIpc) is 3.14. The third kappa shape index (κ3) is 4.72. The number of hydrogen-bond acceptors (Lipinski definition) is 3. The van der Waals surface area contributed by atoms with Crippen molar-refractivity contribution in [2.45, 2.75) is 6.92 Å². The third-order valence-electron chi connectivity index (χ3n) is 3.91. The Balaban J connectivity index is 1.58. The zero-order valence-corrected chi connectivity index (χ0v) is 16.0. The fraction of sp³-hybridized carbons (Fsp3) is 0.100. The molecule has 0 saturated heterocycles. The second kappa shape index (κ2) is 8.33. The number of amides is 2. The molecule has 27 heavy (non-hydrogen) atoms. The Morgan fingerprint density at radius 1 is 1.07 bits per heavy atom. The van der Waals surface area contributed by atoms with Crippen LogP contribution in [-0.2, 0) is 4.79 Å². The van der Waals surface area contributed by atoms with Gasteiger partial charge in [-0.1, -0.05) is 29.8 Å². The molecule has 0 fully saturated rings. The van der Waals surface area contributed by atoms with Gasteiger partial charge in [-0.2, -0.15) is 0 Å². The number of thiophene rings is 1. The second-order valence-corrected chi connectivity index (χ2v) is 7.31. The summed E-state index contributed by atoms with van der Waals surface area (Å²) in [5.74, 6) is -0.996. The molecule has 1 heterocycles. The lowest BCUT2D eigenvalue weighted by Crippen LogP contribution is -2.32. The van der Waals surface area contributed by atoms with E-state index in [4.69, 9.17) is 11.6 Å². The van der Waals surface area contributed by atoms with E-state index in [2.05, 4.69) is 10.6 Å². The number of carbonyl (C=O) groups excluding carboxylic acids is 2. The van der Waals surface area contributed by atoms with Crippen molar-refractivity contribution < 1.29 is 14.0 Å². The fourth-order valence-corrected chi connectivity index (χ4v) is 3.52. The molecule has 3 aromatic rings. The SMILES string of the molecule is Cc1c(Cl)cccc1NC(=O)CNC(=O)c1ccc(-c2ccc(F)cc2)s1. The molecule has 2 N–H and O–H groups in total. The highest BCUT2D eigenvalue weighted by atomic mass is 35.5. The first kappa shape index (κ1) is 19.1. The summed E-state index contributed by atoms with van der Waals surface area (Å²) in [5.41, 5.74) is 2.20. The van der Waals surface area contributed by atoms with Crippen molar-refractivity contribution in [1.82, 2.24) is 5.32 Å². The van der Waals surface area contributed by atoms with Gasteiger partial charge in [0, 0.05) is 15.6 Å². The van der Waals surface area contributed by atoms with E-state index in [0.29, 0.717) is 15.6 Å². The summed E-state index contributed by atoms with van der Waals surface area (Å²) in [6, 6.07) is 14.8. The molecule has 0 aliphatic heterocycles. The van der Waals surface area contributed by atoms with E-state index in [1.54, 1.807) is 49.4 Å². The minimum Gasteiger partial charge on any atom is -0.342 e. The van der Waals surface area contributed by atoms with Crippen LogP contribution in [0.15, 0.2) is 54.6 Å². The highest BCUT2D eigenvalue weighted by molar-refractivity contribution is 7.17. The summed E-state index contributed by atoms with van der Waals surface area (Å²) in [7, 11) is 0. The van der Waals surface area contributed by atoms with Crippen LogP contribution in [0.3, 0.4) is 0 Å². The maximum atomic E-state index is 13.0. The van der Waals surface area contributed by atoms with Gasteiger partial charge in [0.1, 0.15) is 5.82 Å². The van der Waals surface area contributed by atoms with Crippen LogP contribution in [0.1, 0.15) is 15.2 Å². The van der Waals surface area contributed by atoms with E-state index in [0.717, 1.165) is 16.0 Å².